The zero-order valence-electron chi connectivity index (χ0n) is 5.11. The van der Waals surface area contributed by atoms with E-state index in [0.29, 0.717) is 0 Å². The summed E-state index contributed by atoms with van der Waals surface area (Å²) < 4.78 is 10.3. The topological polar surface area (TPSA) is 95.6 Å². The average molecular weight is 154 g/mol. The predicted octanol–water partition coefficient (Wildman–Crippen LogP) is -1.33. The molecule has 9 heavy (non-hydrogen) atoms. The molecule has 5 nitrogen and oxygen atoms in total. The van der Waals surface area contributed by atoms with Crippen molar-refractivity contribution in [2.45, 2.75) is 5.78 Å². The van der Waals surface area contributed by atoms with Crippen LogP contribution in [0, 0.1) is 0 Å². The lowest BCUT2D eigenvalue weighted by molar-refractivity contribution is 0.357. The smallest absolute Gasteiger partial charge is 0.323 e. The molecule has 0 aromatic rings. The maximum atomic E-state index is 10.3. The van der Waals surface area contributed by atoms with Gasteiger partial charge in [0.1, 0.15) is 5.78 Å². The summed E-state index contributed by atoms with van der Waals surface area (Å²) in [4.78, 5) is 16.7. The molecule has 0 aliphatic carbocycles. The fourth-order valence-corrected chi connectivity index (χ4v) is 0.748. The fourth-order valence-electron chi connectivity index (χ4n) is 0.328. The summed E-state index contributed by atoms with van der Waals surface area (Å²) in [6, 6.07) is 0. The monoisotopic (exact) mass is 154 g/mol. The van der Waals surface area contributed by atoms with Gasteiger partial charge in [0.15, 0.2) is 0 Å². The lowest BCUT2D eigenvalue weighted by Gasteiger charge is -2.11. The average Bonchev–Trinajstić information content (AvgIpc) is 1.64. The van der Waals surface area contributed by atoms with E-state index in [9.17, 15) is 4.57 Å². The quantitative estimate of drug-likeness (QED) is 0.378. The molecule has 0 saturated carbocycles. The first-order valence-corrected chi connectivity index (χ1v) is 4.12. The minimum absolute atomic E-state index is 0.129. The third-order valence-electron chi connectivity index (χ3n) is 0.845. The van der Waals surface area contributed by atoms with Gasteiger partial charge in [0.2, 0.25) is 0 Å². The Hall–Kier alpha value is 0.0700. The van der Waals surface area contributed by atoms with E-state index in [1.165, 1.54) is 0 Å². The molecule has 1 atom stereocenters. The highest BCUT2D eigenvalue weighted by Crippen LogP contribution is 2.37. The third-order valence-corrected chi connectivity index (χ3v) is 1.89. The van der Waals surface area contributed by atoms with Gasteiger partial charge in [-0.15, -0.1) is 0 Å². The minimum atomic E-state index is -4.06. The highest BCUT2D eigenvalue weighted by molar-refractivity contribution is 7.52. The highest BCUT2D eigenvalue weighted by Gasteiger charge is 2.22. The molecule has 56 valence electrons. The van der Waals surface area contributed by atoms with Crippen LogP contribution in [0.3, 0.4) is 0 Å². The van der Waals surface area contributed by atoms with E-state index in [2.05, 4.69) is 5.32 Å². The maximum absolute atomic E-state index is 10.3. The van der Waals surface area contributed by atoms with Crippen LogP contribution in [0.2, 0.25) is 0 Å². The van der Waals surface area contributed by atoms with E-state index in [1.807, 2.05) is 0 Å². The van der Waals surface area contributed by atoms with Crippen molar-refractivity contribution in [1.82, 2.24) is 5.32 Å². The summed E-state index contributed by atoms with van der Waals surface area (Å²) in [7, 11) is -2.48. The van der Waals surface area contributed by atoms with Crippen LogP contribution in [0.4, 0.5) is 0 Å². The molecular weight excluding hydrogens is 143 g/mol. The van der Waals surface area contributed by atoms with Crippen molar-refractivity contribution in [3.63, 3.8) is 0 Å². The standard InChI is InChI=1S/C3H11N2O3P/c1-5-2-3(4)9(6,7)8/h3,5H,2,4H2,1H3,(H2,6,7,8)/t3-/m1/s1. The van der Waals surface area contributed by atoms with Crippen molar-refractivity contribution in [2.75, 3.05) is 13.6 Å². The summed E-state index contributed by atoms with van der Waals surface area (Å²) >= 11 is 0. The molecule has 0 aromatic heterocycles. The second kappa shape index (κ2) is 3.29. The van der Waals surface area contributed by atoms with E-state index in [4.69, 9.17) is 15.5 Å². The summed E-state index contributed by atoms with van der Waals surface area (Å²) in [6.45, 7) is 0.129. The number of nitrogens with two attached hydrogens (primary N) is 1. The summed E-state index contributed by atoms with van der Waals surface area (Å²) in [5.74, 6) is -1.08. The Kier molecular flexibility index (Phi) is 3.32. The van der Waals surface area contributed by atoms with Gasteiger partial charge < -0.3 is 20.8 Å². The first kappa shape index (κ1) is 9.07. The highest BCUT2D eigenvalue weighted by atomic mass is 31.2. The summed E-state index contributed by atoms with van der Waals surface area (Å²) in [5, 5.41) is 2.56. The zero-order chi connectivity index (χ0) is 7.49. The van der Waals surface area contributed by atoms with Gasteiger partial charge in [-0.25, -0.2) is 0 Å². The van der Waals surface area contributed by atoms with Gasteiger partial charge in [-0.1, -0.05) is 0 Å². The fraction of sp³-hybridized carbons (Fsp3) is 1.00. The SMILES string of the molecule is CNC[C@H](N)P(=O)(O)O. The Morgan fingerprint density at radius 2 is 2.22 bits per heavy atom. The van der Waals surface area contributed by atoms with Crippen LogP contribution in [0.15, 0.2) is 0 Å². The van der Waals surface area contributed by atoms with Gasteiger partial charge in [0.25, 0.3) is 0 Å². The third kappa shape index (κ3) is 3.61. The predicted molar refractivity (Wildman–Crippen MR) is 33.9 cm³/mol. The lowest BCUT2D eigenvalue weighted by atomic mass is 10.6. The molecule has 0 radical (unpaired) electrons. The Morgan fingerprint density at radius 1 is 1.78 bits per heavy atom. The van der Waals surface area contributed by atoms with Crippen molar-refractivity contribution in [1.29, 1.82) is 0 Å². The molecule has 5 N–H and O–H groups in total. The molecule has 0 aromatic carbocycles. The van der Waals surface area contributed by atoms with Gasteiger partial charge in [-0.2, -0.15) is 0 Å². The van der Waals surface area contributed by atoms with Gasteiger partial charge in [0, 0.05) is 6.54 Å². The van der Waals surface area contributed by atoms with E-state index in [0.717, 1.165) is 0 Å². The molecule has 0 fully saturated rings. The molecule has 0 heterocycles. The van der Waals surface area contributed by atoms with Crippen LogP contribution < -0.4 is 11.1 Å². The first-order chi connectivity index (χ1) is 3.98. The molecule has 0 aliphatic heterocycles. The largest absolute Gasteiger partial charge is 0.343 e. The zero-order valence-corrected chi connectivity index (χ0v) is 6.01. The molecule has 0 amide bonds. The van der Waals surface area contributed by atoms with Crippen LogP contribution in [0.5, 0.6) is 0 Å². The number of nitrogens with one attached hydrogen (secondary N) is 1. The van der Waals surface area contributed by atoms with Crippen molar-refractivity contribution in [3.8, 4) is 0 Å². The van der Waals surface area contributed by atoms with E-state index in [-0.39, 0.29) is 6.54 Å². The Bertz CT molecular complexity index is 122. The number of rotatable bonds is 3. The molecular formula is C3H11N2O3P. The summed E-state index contributed by atoms with van der Waals surface area (Å²) in [5.41, 5.74) is 5.04. The van der Waals surface area contributed by atoms with Crippen molar-refractivity contribution >= 4 is 7.60 Å². The number of hydrogen-bond acceptors (Lipinski definition) is 3. The molecule has 0 spiro atoms. The maximum Gasteiger partial charge on any atom is 0.343 e. The molecule has 0 unspecified atom stereocenters. The van der Waals surface area contributed by atoms with Crippen LogP contribution in [-0.2, 0) is 4.57 Å². The van der Waals surface area contributed by atoms with Crippen LogP contribution >= 0.6 is 7.60 Å². The number of likely N-dealkylation sites (N-methyl/N-ethyl adjacent to an activating group) is 1. The molecule has 0 aliphatic rings. The second-order valence-corrected chi connectivity index (χ2v) is 3.56. The van der Waals surface area contributed by atoms with Gasteiger partial charge >= 0.3 is 7.60 Å². The number of hydrogen-bond donors (Lipinski definition) is 4. The molecule has 0 bridgehead atoms. The van der Waals surface area contributed by atoms with E-state index < -0.39 is 13.4 Å². The lowest BCUT2D eigenvalue weighted by Crippen LogP contribution is -2.31. The van der Waals surface area contributed by atoms with Crippen molar-refractivity contribution in [2.24, 2.45) is 5.73 Å². The molecule has 0 rings (SSSR count). The molecule has 6 heteroatoms. The minimum Gasteiger partial charge on any atom is -0.323 e. The van der Waals surface area contributed by atoms with Crippen molar-refractivity contribution < 1.29 is 14.4 Å². The van der Waals surface area contributed by atoms with E-state index in [1.54, 1.807) is 7.05 Å². The van der Waals surface area contributed by atoms with Gasteiger partial charge in [0.05, 0.1) is 0 Å². The summed E-state index contributed by atoms with van der Waals surface area (Å²) in [6.07, 6.45) is 0. The Balaban J connectivity index is 3.74. The van der Waals surface area contributed by atoms with Crippen LogP contribution in [-0.4, -0.2) is 29.2 Å². The van der Waals surface area contributed by atoms with Crippen LogP contribution in [0.1, 0.15) is 0 Å². The second-order valence-electron chi connectivity index (χ2n) is 1.71. The van der Waals surface area contributed by atoms with E-state index >= 15 is 0 Å². The Labute approximate surface area is 53.4 Å². The Morgan fingerprint density at radius 3 is 2.33 bits per heavy atom. The van der Waals surface area contributed by atoms with Crippen LogP contribution in [0.25, 0.3) is 0 Å². The molecule has 0 saturated heterocycles. The van der Waals surface area contributed by atoms with Gasteiger partial charge in [-0.3, -0.25) is 4.57 Å². The normalized spacial score (nSPS) is 15.6. The van der Waals surface area contributed by atoms with Crippen molar-refractivity contribution in [3.05, 3.63) is 0 Å². The first-order valence-electron chi connectivity index (χ1n) is 2.44. The van der Waals surface area contributed by atoms with Gasteiger partial charge in [-0.05, 0) is 7.05 Å².